The molecular weight excluding hydrogens is 464 g/mol. The Kier molecular flexibility index (Phi) is 9.25. The molecule has 0 saturated carbocycles. The fraction of sp³-hybridized carbons (Fsp3) is 0.591. The second-order valence-electron chi connectivity index (χ2n) is 9.00. The van der Waals surface area contributed by atoms with Gasteiger partial charge in [0.2, 0.25) is 24.0 Å². The van der Waals surface area contributed by atoms with E-state index in [9.17, 15) is 37.1 Å². The summed E-state index contributed by atoms with van der Waals surface area (Å²) in [5.74, 6) is -10.1. The number of aliphatic hydroxyl groups excluding tert-OH is 1. The molecule has 0 radical (unpaired) electrons. The van der Waals surface area contributed by atoms with Crippen LogP contribution >= 0.6 is 0 Å². The first-order valence-corrected chi connectivity index (χ1v) is 10.7. The number of halogens is 4. The number of hydrogen-bond donors (Lipinski definition) is 2. The lowest BCUT2D eigenvalue weighted by Crippen LogP contribution is -2.50. The molecule has 2 amide bonds. The van der Waals surface area contributed by atoms with Crippen LogP contribution in [0.5, 0.6) is 5.75 Å². The highest BCUT2D eigenvalue weighted by Gasteiger charge is 2.32. The number of benzene rings is 1. The first kappa shape index (κ1) is 27.4. The van der Waals surface area contributed by atoms with Gasteiger partial charge in [0.15, 0.2) is 17.4 Å². The van der Waals surface area contributed by atoms with Gasteiger partial charge in [0.1, 0.15) is 18.3 Å². The topological polar surface area (TPSA) is 105 Å². The van der Waals surface area contributed by atoms with E-state index in [0.717, 1.165) is 0 Å². The van der Waals surface area contributed by atoms with Crippen LogP contribution in [-0.2, 0) is 19.1 Å². The highest BCUT2D eigenvalue weighted by atomic mass is 19.2. The van der Waals surface area contributed by atoms with Crippen LogP contribution in [-0.4, -0.2) is 65.7 Å². The zero-order valence-corrected chi connectivity index (χ0v) is 19.1. The average molecular weight is 492 g/mol. The van der Waals surface area contributed by atoms with E-state index in [1.54, 1.807) is 20.8 Å². The monoisotopic (exact) mass is 492 g/mol. The fourth-order valence-electron chi connectivity index (χ4n) is 3.38. The molecule has 1 aliphatic heterocycles. The summed E-state index contributed by atoms with van der Waals surface area (Å²) in [6.07, 6.45) is -0.821. The van der Waals surface area contributed by atoms with Crippen molar-refractivity contribution in [2.75, 3.05) is 19.7 Å². The normalized spacial score (nSPS) is 16.5. The Hall–Kier alpha value is -2.89. The van der Waals surface area contributed by atoms with E-state index in [-0.39, 0.29) is 6.07 Å². The van der Waals surface area contributed by atoms with E-state index in [4.69, 9.17) is 9.47 Å². The molecule has 2 rings (SSSR count). The molecule has 1 saturated heterocycles. The highest BCUT2D eigenvalue weighted by molar-refractivity contribution is 5.80. The molecule has 0 aliphatic carbocycles. The van der Waals surface area contributed by atoms with Gasteiger partial charge in [0.25, 0.3) is 0 Å². The number of amides is 2. The van der Waals surface area contributed by atoms with Gasteiger partial charge in [0, 0.05) is 25.1 Å². The lowest BCUT2D eigenvalue weighted by Gasteiger charge is -2.31. The minimum Gasteiger partial charge on any atom is -0.485 e. The number of carbonyl (C=O) groups excluding carboxylic acids is 3. The zero-order chi connectivity index (χ0) is 25.6. The van der Waals surface area contributed by atoms with Crippen LogP contribution in [0, 0.1) is 29.2 Å². The van der Waals surface area contributed by atoms with Crippen LogP contribution in [0.15, 0.2) is 6.07 Å². The van der Waals surface area contributed by atoms with E-state index in [0.29, 0.717) is 32.3 Å². The third-order valence-corrected chi connectivity index (χ3v) is 5.12. The first-order chi connectivity index (χ1) is 15.8. The highest BCUT2D eigenvalue weighted by Crippen LogP contribution is 2.27. The van der Waals surface area contributed by atoms with E-state index in [1.165, 1.54) is 4.90 Å². The molecule has 12 heteroatoms. The summed E-state index contributed by atoms with van der Waals surface area (Å²) in [5, 5.41) is 13.0. The molecule has 2 N–H and O–H groups in total. The van der Waals surface area contributed by atoms with Gasteiger partial charge in [-0.05, 0) is 33.6 Å². The quantitative estimate of drug-likeness (QED) is 0.237. The number of likely N-dealkylation sites (tertiary alicyclic amines) is 1. The maximum absolute atomic E-state index is 13.8. The number of ether oxygens (including phenoxy) is 2. The van der Waals surface area contributed by atoms with Crippen molar-refractivity contribution in [2.45, 2.75) is 57.8 Å². The Bertz CT molecular complexity index is 874. The Morgan fingerprint density at radius 1 is 1.18 bits per heavy atom. The minimum atomic E-state index is -1.79. The van der Waals surface area contributed by atoms with Gasteiger partial charge in [-0.3, -0.25) is 14.4 Å². The summed E-state index contributed by atoms with van der Waals surface area (Å²) in [4.78, 5) is 37.4. The van der Waals surface area contributed by atoms with Gasteiger partial charge in [0.05, 0.1) is 12.5 Å². The van der Waals surface area contributed by atoms with Crippen molar-refractivity contribution in [1.82, 2.24) is 10.2 Å². The van der Waals surface area contributed by atoms with Gasteiger partial charge in [-0.25, -0.2) is 8.78 Å². The van der Waals surface area contributed by atoms with E-state index in [1.807, 2.05) is 0 Å². The molecule has 1 aromatic rings. The Morgan fingerprint density at radius 2 is 1.74 bits per heavy atom. The molecule has 190 valence electrons. The number of rotatable bonds is 9. The van der Waals surface area contributed by atoms with E-state index in [2.05, 4.69) is 5.32 Å². The molecule has 2 unspecified atom stereocenters. The van der Waals surface area contributed by atoms with Crippen molar-refractivity contribution in [2.24, 2.45) is 5.92 Å². The molecular formula is C22H28F4N2O6. The summed E-state index contributed by atoms with van der Waals surface area (Å²) < 4.78 is 64.5. The van der Waals surface area contributed by atoms with Crippen molar-refractivity contribution in [3.63, 3.8) is 0 Å². The number of piperidine rings is 1. The molecule has 1 heterocycles. The van der Waals surface area contributed by atoms with Crippen LogP contribution in [0.25, 0.3) is 0 Å². The lowest BCUT2D eigenvalue weighted by atomic mass is 9.95. The molecule has 0 spiro atoms. The molecule has 1 aliphatic rings. The van der Waals surface area contributed by atoms with Crippen LogP contribution in [0.3, 0.4) is 0 Å². The second kappa shape index (κ2) is 11.5. The third kappa shape index (κ3) is 7.57. The number of esters is 1. The van der Waals surface area contributed by atoms with Crippen molar-refractivity contribution in [3.05, 3.63) is 29.3 Å². The molecule has 0 bridgehead atoms. The molecule has 8 nitrogen and oxygen atoms in total. The number of aliphatic hydroxyl groups is 1. The molecule has 1 fully saturated rings. The van der Waals surface area contributed by atoms with Crippen LogP contribution in [0.4, 0.5) is 17.6 Å². The van der Waals surface area contributed by atoms with Gasteiger partial charge < -0.3 is 24.8 Å². The van der Waals surface area contributed by atoms with Crippen LogP contribution in [0.2, 0.25) is 0 Å². The van der Waals surface area contributed by atoms with Gasteiger partial charge >= 0.3 is 5.97 Å². The average Bonchev–Trinajstić information content (AvgIpc) is 2.75. The molecule has 2 atom stereocenters. The van der Waals surface area contributed by atoms with E-state index < -0.39 is 77.6 Å². The lowest BCUT2D eigenvalue weighted by molar-refractivity contribution is -0.156. The van der Waals surface area contributed by atoms with Crippen LogP contribution in [0.1, 0.15) is 40.0 Å². The summed E-state index contributed by atoms with van der Waals surface area (Å²) in [6, 6.07) is -1.29. The molecule has 0 aromatic heterocycles. The summed E-state index contributed by atoms with van der Waals surface area (Å²) in [6.45, 7) is 4.66. The second-order valence-corrected chi connectivity index (χ2v) is 9.00. The molecule has 34 heavy (non-hydrogen) atoms. The SMILES string of the molecule is CC(C)(C)OC(=O)CC(NC(=O)C1CCN(C=O)CC1)C(O)COc1c(F)c(F)cc(F)c1F. The van der Waals surface area contributed by atoms with Crippen molar-refractivity contribution >= 4 is 18.3 Å². The summed E-state index contributed by atoms with van der Waals surface area (Å²) in [7, 11) is 0. The zero-order valence-electron chi connectivity index (χ0n) is 19.1. The van der Waals surface area contributed by atoms with Crippen LogP contribution < -0.4 is 10.1 Å². The third-order valence-electron chi connectivity index (χ3n) is 5.12. The minimum absolute atomic E-state index is 0.00933. The number of nitrogens with one attached hydrogen (secondary N) is 1. The van der Waals surface area contributed by atoms with Crippen molar-refractivity contribution in [3.8, 4) is 5.75 Å². The smallest absolute Gasteiger partial charge is 0.308 e. The maximum Gasteiger partial charge on any atom is 0.308 e. The predicted octanol–water partition coefficient (Wildman–Crippen LogP) is 2.07. The van der Waals surface area contributed by atoms with E-state index >= 15 is 0 Å². The predicted molar refractivity (Wildman–Crippen MR) is 111 cm³/mol. The summed E-state index contributed by atoms with van der Waals surface area (Å²) in [5.41, 5.74) is -0.861. The van der Waals surface area contributed by atoms with Gasteiger partial charge in [-0.15, -0.1) is 0 Å². The molecule has 1 aromatic carbocycles. The summed E-state index contributed by atoms with van der Waals surface area (Å²) >= 11 is 0. The largest absolute Gasteiger partial charge is 0.485 e. The first-order valence-electron chi connectivity index (χ1n) is 10.7. The van der Waals surface area contributed by atoms with Crippen molar-refractivity contribution < 1.29 is 46.5 Å². The number of hydrogen-bond acceptors (Lipinski definition) is 6. The Morgan fingerprint density at radius 3 is 2.24 bits per heavy atom. The fourth-order valence-corrected chi connectivity index (χ4v) is 3.38. The maximum atomic E-state index is 13.8. The van der Waals surface area contributed by atoms with Crippen molar-refractivity contribution in [1.29, 1.82) is 0 Å². The Balaban J connectivity index is 2.12. The van der Waals surface area contributed by atoms with Gasteiger partial charge in [-0.1, -0.05) is 0 Å². The standard InChI is InChI=1S/C22H28F4N2O6/c1-22(2,3)34-17(31)9-15(27-21(32)12-4-6-28(11-29)7-5-12)16(30)10-33-20-18(25)13(23)8-14(24)19(20)26/h8,11-12,15-16,30H,4-7,9-10H2,1-3H3,(H,27,32). The number of nitrogens with zero attached hydrogens (tertiary/aromatic N) is 1. The number of carbonyl (C=O) groups is 3. The van der Waals surface area contributed by atoms with Gasteiger partial charge in [-0.2, -0.15) is 8.78 Å². The Labute approximate surface area is 194 Å².